The van der Waals surface area contributed by atoms with Crippen LogP contribution < -0.4 is 5.43 Å². The van der Waals surface area contributed by atoms with Crippen LogP contribution in [0.3, 0.4) is 0 Å². The van der Waals surface area contributed by atoms with Gasteiger partial charge in [-0.15, -0.1) is 0 Å². The SMILES string of the molecule is CCCCc1c(S(C)(=O)=O)oc2ccccc2c1=O. The molecule has 1 aromatic carbocycles. The van der Waals surface area contributed by atoms with Crippen molar-refractivity contribution in [3.8, 4) is 0 Å². The molecule has 0 N–H and O–H groups in total. The maximum atomic E-state index is 12.4. The van der Waals surface area contributed by atoms with Crippen LogP contribution in [0.5, 0.6) is 0 Å². The van der Waals surface area contributed by atoms with Gasteiger partial charge in [-0.1, -0.05) is 25.5 Å². The van der Waals surface area contributed by atoms with Crippen LogP contribution in [0.2, 0.25) is 0 Å². The monoisotopic (exact) mass is 280 g/mol. The van der Waals surface area contributed by atoms with E-state index in [0.29, 0.717) is 17.4 Å². The average molecular weight is 280 g/mol. The Morgan fingerprint density at radius 1 is 1.21 bits per heavy atom. The average Bonchev–Trinajstić information content (AvgIpc) is 2.36. The van der Waals surface area contributed by atoms with E-state index >= 15 is 0 Å². The van der Waals surface area contributed by atoms with Crippen LogP contribution >= 0.6 is 0 Å². The number of para-hydroxylation sites is 1. The Balaban J connectivity index is 2.81. The molecule has 2 rings (SSSR count). The van der Waals surface area contributed by atoms with E-state index in [0.717, 1.165) is 19.1 Å². The van der Waals surface area contributed by atoms with Crippen LogP contribution in [0.4, 0.5) is 0 Å². The summed E-state index contributed by atoms with van der Waals surface area (Å²) < 4.78 is 29.0. The molecule has 102 valence electrons. The molecule has 19 heavy (non-hydrogen) atoms. The first kappa shape index (κ1) is 13.8. The summed E-state index contributed by atoms with van der Waals surface area (Å²) in [5.74, 6) is 0. The van der Waals surface area contributed by atoms with Gasteiger partial charge in [0.2, 0.25) is 14.9 Å². The van der Waals surface area contributed by atoms with Crippen molar-refractivity contribution < 1.29 is 12.8 Å². The largest absolute Gasteiger partial charge is 0.444 e. The van der Waals surface area contributed by atoms with E-state index in [2.05, 4.69) is 0 Å². The highest BCUT2D eigenvalue weighted by atomic mass is 32.2. The van der Waals surface area contributed by atoms with E-state index in [-0.39, 0.29) is 16.1 Å². The maximum absolute atomic E-state index is 12.4. The molecule has 0 saturated heterocycles. The minimum absolute atomic E-state index is 0.190. The molecular weight excluding hydrogens is 264 g/mol. The summed E-state index contributed by atoms with van der Waals surface area (Å²) in [5.41, 5.74) is 0.340. The highest BCUT2D eigenvalue weighted by molar-refractivity contribution is 7.90. The van der Waals surface area contributed by atoms with Gasteiger partial charge in [0.1, 0.15) is 5.58 Å². The quantitative estimate of drug-likeness (QED) is 0.863. The van der Waals surface area contributed by atoms with Crippen molar-refractivity contribution in [3.05, 3.63) is 40.1 Å². The lowest BCUT2D eigenvalue weighted by molar-refractivity contribution is 0.458. The molecule has 0 saturated carbocycles. The first-order valence-electron chi connectivity index (χ1n) is 6.20. The predicted octanol–water partition coefficient (Wildman–Crippen LogP) is 2.54. The van der Waals surface area contributed by atoms with Gasteiger partial charge in [-0.25, -0.2) is 8.42 Å². The summed E-state index contributed by atoms with van der Waals surface area (Å²) in [6, 6.07) is 6.71. The van der Waals surface area contributed by atoms with Crippen LogP contribution in [-0.2, 0) is 16.3 Å². The second kappa shape index (κ2) is 5.17. The molecule has 2 aromatic rings. The Bertz CT molecular complexity index is 757. The van der Waals surface area contributed by atoms with Crippen LogP contribution in [0.1, 0.15) is 25.3 Å². The highest BCUT2D eigenvalue weighted by Crippen LogP contribution is 2.21. The fourth-order valence-corrected chi connectivity index (χ4v) is 2.91. The first-order chi connectivity index (χ1) is 8.95. The number of benzene rings is 1. The molecule has 0 atom stereocenters. The fraction of sp³-hybridized carbons (Fsp3) is 0.357. The van der Waals surface area contributed by atoms with Gasteiger partial charge in [0.15, 0.2) is 5.43 Å². The van der Waals surface area contributed by atoms with Gasteiger partial charge in [-0.2, -0.15) is 0 Å². The standard InChI is InChI=1S/C14H16O4S/c1-3-4-7-11-13(15)10-8-5-6-9-12(10)18-14(11)19(2,16)17/h5-6,8-9H,3-4,7H2,1-2H3. The van der Waals surface area contributed by atoms with Gasteiger partial charge >= 0.3 is 0 Å². The van der Waals surface area contributed by atoms with Crippen molar-refractivity contribution in [2.24, 2.45) is 0 Å². The van der Waals surface area contributed by atoms with Gasteiger partial charge in [0.25, 0.3) is 0 Å². The van der Waals surface area contributed by atoms with Crippen molar-refractivity contribution in [2.45, 2.75) is 31.3 Å². The topological polar surface area (TPSA) is 64.3 Å². The zero-order valence-electron chi connectivity index (χ0n) is 11.0. The summed E-state index contributed by atoms with van der Waals surface area (Å²) >= 11 is 0. The minimum atomic E-state index is -3.54. The van der Waals surface area contributed by atoms with Gasteiger partial charge < -0.3 is 4.42 Å². The third kappa shape index (κ3) is 2.71. The molecule has 0 aliphatic rings. The predicted molar refractivity (Wildman–Crippen MR) is 74.2 cm³/mol. The van der Waals surface area contributed by atoms with Crippen molar-refractivity contribution >= 4 is 20.8 Å². The van der Waals surface area contributed by atoms with Crippen LogP contribution in [0.15, 0.2) is 38.6 Å². The lowest BCUT2D eigenvalue weighted by Gasteiger charge is -2.07. The number of fused-ring (bicyclic) bond motifs is 1. The van der Waals surface area contributed by atoms with E-state index in [9.17, 15) is 13.2 Å². The van der Waals surface area contributed by atoms with Gasteiger partial charge in [0.05, 0.1) is 10.9 Å². The summed E-state index contributed by atoms with van der Waals surface area (Å²) in [5, 5.41) is 0.241. The second-order valence-corrected chi connectivity index (χ2v) is 6.48. The van der Waals surface area contributed by atoms with Crippen molar-refractivity contribution in [3.63, 3.8) is 0 Å². The summed E-state index contributed by atoms with van der Waals surface area (Å²) in [4.78, 5) is 12.4. The van der Waals surface area contributed by atoms with E-state index in [1.807, 2.05) is 6.92 Å². The van der Waals surface area contributed by atoms with Crippen LogP contribution in [0, 0.1) is 0 Å². The van der Waals surface area contributed by atoms with Gasteiger partial charge in [-0.3, -0.25) is 4.79 Å². The summed E-state index contributed by atoms with van der Waals surface area (Å²) in [7, 11) is -3.54. The van der Waals surface area contributed by atoms with Crippen molar-refractivity contribution in [2.75, 3.05) is 6.26 Å². The molecule has 0 aliphatic carbocycles. The van der Waals surface area contributed by atoms with Gasteiger partial charge in [0, 0.05) is 6.26 Å². The van der Waals surface area contributed by atoms with E-state index < -0.39 is 9.84 Å². The second-order valence-electron chi connectivity index (χ2n) is 4.57. The Labute approximate surface area is 112 Å². The Morgan fingerprint density at radius 3 is 2.53 bits per heavy atom. The van der Waals surface area contributed by atoms with E-state index in [1.54, 1.807) is 24.3 Å². The lowest BCUT2D eigenvalue weighted by atomic mass is 10.1. The molecule has 0 fully saturated rings. The highest BCUT2D eigenvalue weighted by Gasteiger charge is 2.21. The number of unbranched alkanes of at least 4 members (excludes halogenated alkanes) is 1. The molecule has 4 nitrogen and oxygen atoms in total. The molecule has 1 aromatic heterocycles. The van der Waals surface area contributed by atoms with Crippen LogP contribution in [0.25, 0.3) is 11.0 Å². The Kier molecular flexibility index (Phi) is 3.75. The van der Waals surface area contributed by atoms with Gasteiger partial charge in [-0.05, 0) is 25.0 Å². The first-order valence-corrected chi connectivity index (χ1v) is 8.09. The third-order valence-corrected chi connectivity index (χ3v) is 3.98. The smallest absolute Gasteiger partial charge is 0.225 e. The molecule has 0 bridgehead atoms. The summed E-state index contributed by atoms with van der Waals surface area (Å²) in [6.45, 7) is 1.99. The molecule has 5 heteroatoms. The van der Waals surface area contributed by atoms with Crippen molar-refractivity contribution in [1.29, 1.82) is 0 Å². The van der Waals surface area contributed by atoms with Crippen LogP contribution in [-0.4, -0.2) is 14.7 Å². The third-order valence-electron chi connectivity index (χ3n) is 2.97. The van der Waals surface area contributed by atoms with E-state index in [1.165, 1.54) is 0 Å². The maximum Gasteiger partial charge on any atom is 0.225 e. The Hall–Kier alpha value is -1.62. The Morgan fingerprint density at radius 2 is 1.89 bits per heavy atom. The number of sulfone groups is 1. The zero-order chi connectivity index (χ0) is 14.0. The number of hydrogen-bond donors (Lipinski definition) is 0. The normalized spacial score (nSPS) is 11.9. The number of rotatable bonds is 4. The molecule has 0 aliphatic heterocycles. The molecule has 0 unspecified atom stereocenters. The molecule has 0 spiro atoms. The summed E-state index contributed by atoms with van der Waals surface area (Å²) in [6.07, 6.45) is 3.13. The molecule has 0 amide bonds. The van der Waals surface area contributed by atoms with Crippen molar-refractivity contribution in [1.82, 2.24) is 0 Å². The fourth-order valence-electron chi connectivity index (χ4n) is 2.03. The molecular formula is C14H16O4S. The molecule has 1 heterocycles. The number of hydrogen-bond acceptors (Lipinski definition) is 4. The van der Waals surface area contributed by atoms with E-state index in [4.69, 9.17) is 4.42 Å². The zero-order valence-corrected chi connectivity index (χ0v) is 11.8. The minimum Gasteiger partial charge on any atom is -0.444 e. The lowest BCUT2D eigenvalue weighted by Crippen LogP contribution is -2.15. The molecule has 0 radical (unpaired) electrons.